The summed E-state index contributed by atoms with van der Waals surface area (Å²) in [7, 11) is -4.22. The number of ether oxygens (including phenoxy) is 3. The van der Waals surface area contributed by atoms with E-state index in [1.807, 2.05) is 26.8 Å². The molecule has 0 saturated carbocycles. The zero-order valence-corrected chi connectivity index (χ0v) is 26.1. The lowest BCUT2D eigenvalue weighted by Gasteiger charge is -2.22. The summed E-state index contributed by atoms with van der Waals surface area (Å²) in [5.41, 5.74) is 3.31. The van der Waals surface area contributed by atoms with Gasteiger partial charge in [0.1, 0.15) is 5.75 Å². The van der Waals surface area contributed by atoms with Crippen LogP contribution < -0.4 is 24.2 Å². The number of carbonyl (C=O) groups excluding carboxylic acids is 2. The van der Waals surface area contributed by atoms with E-state index in [1.165, 1.54) is 12.1 Å². The normalized spacial score (nSPS) is 12.9. The summed E-state index contributed by atoms with van der Waals surface area (Å²) in [6, 6.07) is 19.9. The molecule has 45 heavy (non-hydrogen) atoms. The first kappa shape index (κ1) is 31.5. The molecule has 234 valence electrons. The van der Waals surface area contributed by atoms with Crippen LogP contribution in [0.1, 0.15) is 71.8 Å². The molecule has 0 fully saturated rings. The molecule has 10 nitrogen and oxygen atoms in total. The van der Waals surface area contributed by atoms with Gasteiger partial charge in [0.25, 0.3) is 21.8 Å². The zero-order chi connectivity index (χ0) is 32.0. The van der Waals surface area contributed by atoms with E-state index in [2.05, 4.69) is 15.0 Å². The highest BCUT2D eigenvalue weighted by Gasteiger charge is 2.30. The molecular formula is C34H35N3O7S. The number of nitrogens with one attached hydrogen (secondary N) is 2. The quantitative estimate of drug-likeness (QED) is 0.212. The molecular weight excluding hydrogens is 594 g/mol. The third-order valence-corrected chi connectivity index (χ3v) is 8.65. The molecule has 1 unspecified atom stereocenters. The van der Waals surface area contributed by atoms with Gasteiger partial charge in [-0.2, -0.15) is 0 Å². The third-order valence-electron chi connectivity index (χ3n) is 7.29. The van der Waals surface area contributed by atoms with E-state index in [0.29, 0.717) is 46.9 Å². The van der Waals surface area contributed by atoms with Gasteiger partial charge in [0.05, 0.1) is 4.90 Å². The smallest absolute Gasteiger partial charge is 0.279 e. The van der Waals surface area contributed by atoms with Gasteiger partial charge in [-0.15, -0.1) is 0 Å². The lowest BCUT2D eigenvalue weighted by Crippen LogP contribution is -2.37. The number of amides is 2. The summed E-state index contributed by atoms with van der Waals surface area (Å²) in [6.07, 6.45) is 3.26. The fraction of sp³-hybridized carbons (Fsp3) is 0.265. The van der Waals surface area contributed by atoms with Crippen LogP contribution in [0.4, 0.5) is 0 Å². The summed E-state index contributed by atoms with van der Waals surface area (Å²) >= 11 is 0. The standard InChI is InChI=1S/C34H35N3O7S/c1-4-6-25-17-27(33(38)36-20-23-7-5-16-35-19-23)11-14-29(25)44-32(26-10-15-30-31(18-26)43-21-42-30)34(39)37-45(40,41)28-12-8-24(9-13-28)22(2)3/h5,7-19,22,32H,4,6,20-21H2,1-3H3,(H,36,38)(H,37,39). The van der Waals surface area contributed by atoms with Gasteiger partial charge in [0, 0.05) is 30.1 Å². The summed E-state index contributed by atoms with van der Waals surface area (Å²) < 4.78 is 45.9. The van der Waals surface area contributed by atoms with Crippen LogP contribution in [0.3, 0.4) is 0 Å². The minimum atomic E-state index is -4.22. The number of fused-ring (bicyclic) bond motifs is 1. The van der Waals surface area contributed by atoms with Gasteiger partial charge in [-0.1, -0.05) is 51.5 Å². The molecule has 2 heterocycles. The summed E-state index contributed by atoms with van der Waals surface area (Å²) in [6.45, 7) is 6.34. The van der Waals surface area contributed by atoms with Crippen LogP contribution in [-0.2, 0) is 27.8 Å². The number of rotatable bonds is 12. The molecule has 3 aromatic carbocycles. The van der Waals surface area contributed by atoms with Crippen LogP contribution in [0.5, 0.6) is 17.2 Å². The highest BCUT2D eigenvalue weighted by Crippen LogP contribution is 2.36. The monoisotopic (exact) mass is 629 g/mol. The minimum Gasteiger partial charge on any atom is -0.475 e. The molecule has 0 saturated heterocycles. The van der Waals surface area contributed by atoms with Crippen molar-refractivity contribution >= 4 is 21.8 Å². The van der Waals surface area contributed by atoms with Crippen molar-refractivity contribution in [3.05, 3.63) is 113 Å². The predicted molar refractivity (Wildman–Crippen MR) is 168 cm³/mol. The Morgan fingerprint density at radius 3 is 2.42 bits per heavy atom. The minimum absolute atomic E-state index is 0.0300. The van der Waals surface area contributed by atoms with Gasteiger partial charge < -0.3 is 19.5 Å². The van der Waals surface area contributed by atoms with E-state index >= 15 is 0 Å². The molecule has 2 amide bonds. The van der Waals surface area contributed by atoms with Crippen molar-refractivity contribution in [2.24, 2.45) is 0 Å². The lowest BCUT2D eigenvalue weighted by molar-refractivity contribution is -0.126. The van der Waals surface area contributed by atoms with Crippen molar-refractivity contribution in [2.75, 3.05) is 6.79 Å². The number of pyridine rings is 1. The number of carbonyl (C=O) groups is 2. The average molecular weight is 630 g/mol. The molecule has 11 heteroatoms. The number of aryl methyl sites for hydroxylation is 1. The van der Waals surface area contributed by atoms with Crippen molar-refractivity contribution in [3.63, 3.8) is 0 Å². The van der Waals surface area contributed by atoms with Gasteiger partial charge >= 0.3 is 0 Å². The van der Waals surface area contributed by atoms with Gasteiger partial charge in [-0.05, 0) is 77.6 Å². The molecule has 0 bridgehead atoms. The Morgan fingerprint density at radius 1 is 0.956 bits per heavy atom. The SMILES string of the molecule is CCCc1cc(C(=O)NCc2cccnc2)ccc1OC(C(=O)NS(=O)(=O)c1ccc(C(C)C)cc1)c1ccc2c(c1)OCO2. The Kier molecular flexibility index (Phi) is 9.68. The number of hydrogen-bond donors (Lipinski definition) is 2. The summed E-state index contributed by atoms with van der Waals surface area (Å²) in [5, 5.41) is 2.89. The molecule has 2 N–H and O–H groups in total. The summed E-state index contributed by atoms with van der Waals surface area (Å²) in [4.78, 5) is 30.7. The molecule has 5 rings (SSSR count). The van der Waals surface area contributed by atoms with E-state index in [1.54, 1.807) is 67.0 Å². The van der Waals surface area contributed by atoms with E-state index in [-0.39, 0.29) is 23.5 Å². The van der Waals surface area contributed by atoms with Gasteiger partial charge in [-0.3, -0.25) is 14.6 Å². The summed E-state index contributed by atoms with van der Waals surface area (Å²) in [5.74, 6) is 0.317. The molecule has 0 spiro atoms. The highest BCUT2D eigenvalue weighted by molar-refractivity contribution is 7.90. The second kappa shape index (κ2) is 13.8. The molecule has 4 aromatic rings. The molecule has 1 aliphatic heterocycles. The second-order valence-corrected chi connectivity index (χ2v) is 12.6. The van der Waals surface area contributed by atoms with Crippen LogP contribution >= 0.6 is 0 Å². The first-order valence-electron chi connectivity index (χ1n) is 14.7. The van der Waals surface area contributed by atoms with Crippen LogP contribution in [-0.4, -0.2) is 32.0 Å². The maximum Gasteiger partial charge on any atom is 0.279 e. The molecule has 0 aliphatic carbocycles. The molecule has 0 radical (unpaired) electrons. The van der Waals surface area contributed by atoms with Crippen molar-refractivity contribution in [1.82, 2.24) is 15.0 Å². The number of hydrogen-bond acceptors (Lipinski definition) is 8. The largest absolute Gasteiger partial charge is 0.475 e. The van der Waals surface area contributed by atoms with E-state index < -0.39 is 22.0 Å². The predicted octanol–water partition coefficient (Wildman–Crippen LogP) is 5.44. The Morgan fingerprint density at radius 2 is 1.71 bits per heavy atom. The van der Waals surface area contributed by atoms with Crippen molar-refractivity contribution in [1.29, 1.82) is 0 Å². The number of sulfonamides is 1. The van der Waals surface area contributed by atoms with E-state index in [0.717, 1.165) is 17.5 Å². The molecule has 1 atom stereocenters. The fourth-order valence-electron chi connectivity index (χ4n) is 4.84. The van der Waals surface area contributed by atoms with Crippen LogP contribution in [0.2, 0.25) is 0 Å². The number of aromatic nitrogens is 1. The van der Waals surface area contributed by atoms with Crippen LogP contribution in [0.25, 0.3) is 0 Å². The molecule has 1 aromatic heterocycles. The van der Waals surface area contributed by atoms with Crippen molar-refractivity contribution in [3.8, 4) is 17.2 Å². The first-order valence-corrected chi connectivity index (χ1v) is 16.2. The van der Waals surface area contributed by atoms with Gasteiger partial charge in [0.2, 0.25) is 12.9 Å². The van der Waals surface area contributed by atoms with E-state index in [9.17, 15) is 18.0 Å². The zero-order valence-electron chi connectivity index (χ0n) is 25.3. The number of nitrogens with zero attached hydrogens (tertiary/aromatic N) is 1. The molecule has 1 aliphatic rings. The van der Waals surface area contributed by atoms with E-state index in [4.69, 9.17) is 14.2 Å². The van der Waals surface area contributed by atoms with Crippen LogP contribution in [0, 0.1) is 0 Å². The van der Waals surface area contributed by atoms with Crippen LogP contribution in [0.15, 0.2) is 90.1 Å². The Balaban J connectivity index is 1.42. The number of benzene rings is 3. The topological polar surface area (TPSA) is 133 Å². The Bertz CT molecular complexity index is 1780. The van der Waals surface area contributed by atoms with Gasteiger partial charge in [-0.25, -0.2) is 13.1 Å². The maximum absolute atomic E-state index is 13.7. The Hall–Kier alpha value is -4.90. The van der Waals surface area contributed by atoms with Crippen molar-refractivity contribution in [2.45, 2.75) is 57.1 Å². The third kappa shape index (κ3) is 7.61. The second-order valence-electron chi connectivity index (χ2n) is 10.9. The highest BCUT2D eigenvalue weighted by atomic mass is 32.2. The maximum atomic E-state index is 13.7. The first-order chi connectivity index (χ1) is 21.6. The van der Waals surface area contributed by atoms with Crippen molar-refractivity contribution < 1.29 is 32.2 Å². The lowest BCUT2D eigenvalue weighted by atomic mass is 10.0. The fourth-order valence-corrected chi connectivity index (χ4v) is 5.82. The average Bonchev–Trinajstić information content (AvgIpc) is 3.51. The van der Waals surface area contributed by atoms with Gasteiger partial charge in [0.15, 0.2) is 11.5 Å². The Labute approximate surface area is 262 Å².